The van der Waals surface area contributed by atoms with Gasteiger partial charge in [0.25, 0.3) is 0 Å². The molecule has 6 heavy (non-hydrogen) atoms. The minimum Gasteiger partial charge on any atom is -0.511 e. The third kappa shape index (κ3) is 198. The zero-order valence-electron chi connectivity index (χ0n) is 2.88. The molecule has 0 saturated heterocycles. The van der Waals surface area contributed by atoms with Gasteiger partial charge >= 0.3 is 9.17 Å². The Morgan fingerprint density at radius 2 is 1.33 bits per heavy atom. The van der Waals surface area contributed by atoms with E-state index in [0.717, 1.165) is 0 Å². The molecule has 0 aromatic carbocycles. The van der Waals surface area contributed by atoms with Crippen molar-refractivity contribution >= 4 is 17.6 Å². The maximum atomic E-state index is 8.74. The van der Waals surface area contributed by atoms with Crippen molar-refractivity contribution < 1.29 is 19.5 Å². The summed E-state index contributed by atoms with van der Waals surface area (Å²) in [7, 11) is -3.13. The van der Waals surface area contributed by atoms with Gasteiger partial charge in [-0.05, 0) is 0 Å². The first-order valence-corrected chi connectivity index (χ1v) is 1.95. The molecule has 0 aliphatic carbocycles. The summed E-state index contributed by atoms with van der Waals surface area (Å²) in [6.07, 6.45) is 0. The maximum Gasteiger partial charge on any atom is 0.761 e. The zero-order valence-corrected chi connectivity index (χ0v) is 3.88. The third-order valence-corrected chi connectivity index (χ3v) is 0. The second-order valence-electron chi connectivity index (χ2n) is 0.283. The molecule has 0 fully saturated rings. The minimum absolute atomic E-state index is 0. The fourth-order valence-electron chi connectivity index (χ4n) is 0. The number of hydrogen-bond acceptors (Lipinski definition) is 1. The lowest BCUT2D eigenvalue weighted by molar-refractivity contribution is 0.330. The van der Waals surface area contributed by atoms with E-state index in [9.17, 15) is 0 Å². The summed E-state index contributed by atoms with van der Waals surface area (Å²) >= 11 is 0. The normalized spacial score (nSPS) is 4.00. The van der Waals surface area contributed by atoms with Crippen molar-refractivity contribution in [2.24, 2.45) is 0 Å². The van der Waals surface area contributed by atoms with Gasteiger partial charge < -0.3 is 15.1 Å². The van der Waals surface area contributed by atoms with Gasteiger partial charge in [-0.2, -0.15) is 0 Å². The highest BCUT2D eigenvalue weighted by atomic mass is 28.3. The van der Waals surface area contributed by atoms with Crippen LogP contribution in [-0.2, 0) is 4.46 Å². The Labute approximate surface area is 38.2 Å². The van der Waals surface area contributed by atoms with Crippen LogP contribution in [0.15, 0.2) is 0 Å². The average molecular weight is 107 g/mol. The molecule has 0 atom stereocenters. The molecule has 0 unspecified atom stereocenters. The quantitative estimate of drug-likeness (QED) is 0.327. The van der Waals surface area contributed by atoms with Crippen LogP contribution in [0.5, 0.6) is 0 Å². The van der Waals surface area contributed by atoms with Crippen molar-refractivity contribution in [3.63, 3.8) is 0 Å². The standard InChI is InChI=1S/B.H2O3Si.H2O/c;1-4(2)3;/h;1-2H;1H2. The molecule has 0 amide bonds. The molecule has 4 N–H and O–H groups in total. The van der Waals surface area contributed by atoms with Gasteiger partial charge in [0.05, 0.1) is 0 Å². The molecule has 3 radical (unpaired) electrons. The average Bonchev–Trinajstić information content (AvgIpc) is 0.811. The Balaban J connectivity index is -0.0000000450. The van der Waals surface area contributed by atoms with Crippen LogP contribution in [-0.4, -0.2) is 32.7 Å². The summed E-state index contributed by atoms with van der Waals surface area (Å²) in [5.74, 6) is 0. The Kier molecular flexibility index (Phi) is 25.6. The van der Waals surface area contributed by atoms with Crippen molar-refractivity contribution in [3.8, 4) is 0 Å². The molecule has 0 rings (SSSR count). The molecule has 35 valence electrons. The fourth-order valence-corrected chi connectivity index (χ4v) is 0. The first-order valence-electron chi connectivity index (χ1n) is 0.651. The van der Waals surface area contributed by atoms with Crippen LogP contribution in [0.4, 0.5) is 0 Å². The van der Waals surface area contributed by atoms with Crippen molar-refractivity contribution in [1.29, 1.82) is 0 Å². The van der Waals surface area contributed by atoms with Gasteiger partial charge in [-0.3, -0.25) is 4.46 Å². The monoisotopic (exact) mass is 107 g/mol. The second kappa shape index (κ2) is 8.82. The lowest BCUT2D eigenvalue weighted by atomic mass is 10.8. The largest absolute Gasteiger partial charge is 0.761 e. The Bertz CT molecular complexity index is 30.5. The first-order chi connectivity index (χ1) is 1.73. The van der Waals surface area contributed by atoms with Gasteiger partial charge in [-0.25, -0.2) is 0 Å². The van der Waals surface area contributed by atoms with Crippen molar-refractivity contribution in [2.75, 3.05) is 0 Å². The summed E-state index contributed by atoms with van der Waals surface area (Å²) in [6, 6.07) is 0. The lowest BCUT2D eigenvalue weighted by Crippen LogP contribution is -1.90. The Morgan fingerprint density at radius 3 is 1.33 bits per heavy atom. The summed E-state index contributed by atoms with van der Waals surface area (Å²) in [4.78, 5) is 14.3. The molecule has 4 nitrogen and oxygen atoms in total. The summed E-state index contributed by atoms with van der Waals surface area (Å²) < 4.78 is 8.74. The highest BCUT2D eigenvalue weighted by molar-refractivity contribution is 6.22. The second-order valence-corrected chi connectivity index (χ2v) is 0.848. The Hall–Kier alpha value is -0.358. The van der Waals surface area contributed by atoms with Gasteiger partial charge in [0.1, 0.15) is 0 Å². The van der Waals surface area contributed by atoms with E-state index in [-0.39, 0.29) is 13.9 Å². The van der Waals surface area contributed by atoms with E-state index >= 15 is 0 Å². The van der Waals surface area contributed by atoms with Crippen LogP contribution in [0.25, 0.3) is 0 Å². The first kappa shape index (κ1) is 17.4. The molecule has 0 heterocycles. The number of hydrogen-bond donors (Lipinski definition) is 2. The zero-order chi connectivity index (χ0) is 3.58. The molecule has 0 spiro atoms. The predicted octanol–water partition coefficient (Wildman–Crippen LogP) is -2.82. The van der Waals surface area contributed by atoms with Crippen molar-refractivity contribution in [3.05, 3.63) is 0 Å². The predicted molar refractivity (Wildman–Crippen MR) is 20.2 cm³/mol. The third-order valence-electron chi connectivity index (χ3n) is 0. The van der Waals surface area contributed by atoms with Crippen molar-refractivity contribution in [1.82, 2.24) is 0 Å². The molecular weight excluding hydrogens is 103 g/mol. The van der Waals surface area contributed by atoms with Crippen LogP contribution in [0.1, 0.15) is 0 Å². The molecule has 0 bridgehead atoms. The molecule has 0 aliphatic rings. The maximum absolute atomic E-state index is 8.74. The van der Waals surface area contributed by atoms with Crippen LogP contribution in [0.3, 0.4) is 0 Å². The van der Waals surface area contributed by atoms with Gasteiger partial charge in [-0.1, -0.05) is 0 Å². The van der Waals surface area contributed by atoms with Crippen LogP contribution < -0.4 is 0 Å². The van der Waals surface area contributed by atoms with Crippen LogP contribution >= 0.6 is 0 Å². The van der Waals surface area contributed by atoms with E-state index in [1.54, 1.807) is 0 Å². The Morgan fingerprint density at radius 1 is 1.33 bits per heavy atom. The van der Waals surface area contributed by atoms with Gasteiger partial charge in [-0.15, -0.1) is 0 Å². The van der Waals surface area contributed by atoms with Gasteiger partial charge in [0.15, 0.2) is 0 Å². The van der Waals surface area contributed by atoms with E-state index in [1.165, 1.54) is 0 Å². The highest BCUT2D eigenvalue weighted by Crippen LogP contribution is 1.27. The van der Waals surface area contributed by atoms with Gasteiger partial charge in [0, 0.05) is 8.41 Å². The molecule has 0 saturated carbocycles. The highest BCUT2D eigenvalue weighted by Gasteiger charge is 1.85. The van der Waals surface area contributed by atoms with E-state index in [1.807, 2.05) is 0 Å². The van der Waals surface area contributed by atoms with Crippen molar-refractivity contribution in [2.45, 2.75) is 0 Å². The molecule has 0 aromatic heterocycles. The van der Waals surface area contributed by atoms with E-state index in [0.29, 0.717) is 0 Å². The van der Waals surface area contributed by atoms with E-state index in [2.05, 4.69) is 0 Å². The summed E-state index contributed by atoms with van der Waals surface area (Å²) in [6.45, 7) is 0. The summed E-state index contributed by atoms with van der Waals surface area (Å²) in [5, 5.41) is 0. The molecule has 0 aromatic rings. The molecule has 0 aliphatic heterocycles. The topological polar surface area (TPSA) is 89.0 Å². The molecule has 6 heteroatoms. The molecular formula is H4BO4Si. The lowest BCUT2D eigenvalue weighted by Gasteiger charge is -1.55. The smallest absolute Gasteiger partial charge is 0.511 e. The van der Waals surface area contributed by atoms with Gasteiger partial charge in [0.2, 0.25) is 0 Å². The SMILES string of the molecule is O.O=[Si](O)O.[B]. The van der Waals surface area contributed by atoms with Crippen LogP contribution in [0, 0.1) is 0 Å². The fraction of sp³-hybridized carbons (Fsp3) is 0. The number of rotatable bonds is 0. The summed E-state index contributed by atoms with van der Waals surface area (Å²) in [5.41, 5.74) is 0. The minimum atomic E-state index is -3.13. The van der Waals surface area contributed by atoms with Crippen LogP contribution in [0.2, 0.25) is 0 Å². The van der Waals surface area contributed by atoms with E-state index in [4.69, 9.17) is 14.1 Å². The van der Waals surface area contributed by atoms with E-state index < -0.39 is 9.17 Å².